The normalized spacial score (nSPS) is 20.2. The maximum absolute atomic E-state index is 13.5. The van der Waals surface area contributed by atoms with E-state index in [1.807, 2.05) is 95.6 Å². The monoisotopic (exact) mass is 2090 g/mol. The number of anilines is 5. The number of nitrogens with one attached hydrogen (secondary N) is 1. The van der Waals surface area contributed by atoms with Gasteiger partial charge in [0.05, 0.1) is 60.5 Å². The number of ether oxygens (including phenoxy) is 7. The zero-order valence-corrected chi connectivity index (χ0v) is 82.1. The summed E-state index contributed by atoms with van der Waals surface area (Å²) in [7, 11) is 1.50. The topological polar surface area (TPSA) is 486 Å². The minimum Gasteiger partial charge on any atom is -0.491 e. The summed E-state index contributed by atoms with van der Waals surface area (Å²) in [6.07, 6.45) is -6.74. The fraction of sp³-hybridized carbons (Fsp3) is 0.439. The Labute approximate surface area is 843 Å². The zero-order chi connectivity index (χ0) is 106. The predicted molar refractivity (Wildman–Crippen MR) is 519 cm³/mol. The average Bonchev–Trinajstić information content (AvgIpc) is 1.62. The quantitative estimate of drug-likeness (QED) is 0.0289. The lowest BCUT2D eigenvalue weighted by atomic mass is 9.99. The van der Waals surface area contributed by atoms with Crippen LogP contribution in [0.1, 0.15) is 76.3 Å². The third kappa shape index (κ3) is 22.3. The number of halogens is 10. The van der Waals surface area contributed by atoms with Crippen molar-refractivity contribution in [2.45, 2.75) is 188 Å². The predicted octanol–water partition coefficient (Wildman–Crippen LogP) is 12.0. The number of hydrogen-bond donors (Lipinski definition) is 6. The van der Waals surface area contributed by atoms with E-state index in [1.165, 1.54) is 25.8 Å². The highest BCUT2D eigenvalue weighted by Crippen LogP contribution is 2.46. The third-order valence-electron chi connectivity index (χ3n) is 26.7. The number of benzene rings is 5. The minimum absolute atomic E-state index is 0.0415. The molecule has 0 spiro atoms. The van der Waals surface area contributed by atoms with Gasteiger partial charge in [-0.1, -0.05) is 76.7 Å². The summed E-state index contributed by atoms with van der Waals surface area (Å²) in [5.74, 6) is 2.98. The van der Waals surface area contributed by atoms with E-state index in [0.717, 1.165) is 64.1 Å². The highest BCUT2D eigenvalue weighted by molar-refractivity contribution is 8.14. The van der Waals surface area contributed by atoms with Crippen molar-refractivity contribution >= 4 is 99.9 Å². The first kappa shape index (κ1) is 106. The Kier molecular flexibility index (Phi) is 31.5. The van der Waals surface area contributed by atoms with E-state index in [9.17, 15) is 91.8 Å². The molecule has 39 nitrogen and oxygen atoms in total. The van der Waals surface area contributed by atoms with Crippen molar-refractivity contribution in [3.05, 3.63) is 150 Å². The number of urea groups is 2. The molecule has 5 aromatic heterocycles. The van der Waals surface area contributed by atoms with E-state index in [4.69, 9.17) is 61.8 Å². The smallest absolute Gasteiger partial charge is 0.416 e. The Balaban J connectivity index is 0.000000132. The van der Waals surface area contributed by atoms with Gasteiger partial charge in [-0.25, -0.2) is 97.8 Å². The average molecular weight is 2090 g/mol. The molecule has 10 aliphatic rings. The van der Waals surface area contributed by atoms with Crippen LogP contribution in [0.15, 0.2) is 122 Å². The summed E-state index contributed by atoms with van der Waals surface area (Å²) < 4.78 is 183. The lowest BCUT2D eigenvalue weighted by molar-refractivity contribution is -0.122. The molecular weight excluding hydrogens is 1980 g/mol. The van der Waals surface area contributed by atoms with E-state index in [0.29, 0.717) is 184 Å². The van der Waals surface area contributed by atoms with Crippen molar-refractivity contribution in [3.8, 4) is 85.7 Å². The van der Waals surface area contributed by atoms with Gasteiger partial charge in [-0.3, -0.25) is 43.5 Å². The molecule has 0 unspecified atom stereocenters. The maximum atomic E-state index is 13.5. The van der Waals surface area contributed by atoms with Crippen molar-refractivity contribution in [2.75, 3.05) is 83.4 Å². The van der Waals surface area contributed by atoms with Gasteiger partial charge in [0.25, 0.3) is 37.4 Å². The van der Waals surface area contributed by atoms with Gasteiger partial charge in [0.2, 0.25) is 29.5 Å². The van der Waals surface area contributed by atoms with Crippen molar-refractivity contribution in [2.24, 2.45) is 58.3 Å². The van der Waals surface area contributed by atoms with E-state index in [1.54, 1.807) is 83.9 Å². The van der Waals surface area contributed by atoms with Crippen LogP contribution >= 0.6 is 11.8 Å². The van der Waals surface area contributed by atoms with Crippen LogP contribution in [0.5, 0.6) is 28.7 Å². The lowest BCUT2D eigenvalue weighted by Crippen LogP contribution is -2.41. The second-order valence-corrected chi connectivity index (χ2v) is 38.3. The first-order valence-corrected chi connectivity index (χ1v) is 48.6. The minimum atomic E-state index is -2.77. The number of thioether (sulfide) groups is 1. The van der Waals surface area contributed by atoms with E-state index in [2.05, 4.69) is 30.2 Å². The highest BCUT2D eigenvalue weighted by Gasteiger charge is 2.51. The summed E-state index contributed by atoms with van der Waals surface area (Å²) >= 11 is 0.877. The van der Waals surface area contributed by atoms with Crippen LogP contribution in [0, 0.1) is 29.6 Å². The molecule has 788 valence electrons. The SMILES string of the molecule is C[C@H](Cc1ccc2c(c1)OCCn1cc(N3C(=O)N(C)C[C@H]3C(F)F)nc1-2)C(N)=O.C[C@H](Cc1ccc2c(c1)OCCn1cc(N3C(=O)NC[C@H]3C(F)F)nc1-2)C(N)=O.C[C@H](Cc1ccc2c(c1)OCCn1cc(N3C(=O)O[C@@H](C)[C@H]3C(F)F)nc1-2)C(N)=O.C[C@H](Cc1ccc2c(c1)OCCn1cc(N3C(=O)O[C@H](C)[C@H]3C(F)F)nc1-2)C(N)=O.C[C@H](Cc1ccc2c(c1)OCCn1cc(N3C(=O)SC[C@H]3C(F)F)nc1-2)C(N)=O. The van der Waals surface area contributed by atoms with Crippen LogP contribution in [-0.4, -0.2) is 245 Å². The fourth-order valence-corrected chi connectivity index (χ4v) is 19.5. The summed E-state index contributed by atoms with van der Waals surface area (Å²) in [5, 5.41) is 2.02. The molecular formula is C98H108F10N22O17S. The number of fused-ring (bicyclic) bond motifs is 15. The van der Waals surface area contributed by atoms with E-state index < -0.39 is 104 Å². The van der Waals surface area contributed by atoms with Gasteiger partial charge in [-0.15, -0.1) is 0 Å². The van der Waals surface area contributed by atoms with Gasteiger partial charge in [0, 0.05) is 86.5 Å². The number of primary amides is 5. The van der Waals surface area contributed by atoms with Crippen LogP contribution in [0.2, 0.25) is 0 Å². The van der Waals surface area contributed by atoms with Gasteiger partial charge in [0.15, 0.2) is 29.1 Å². The van der Waals surface area contributed by atoms with Crippen molar-refractivity contribution in [1.29, 1.82) is 0 Å². The molecule has 10 aromatic rings. The molecule has 0 radical (unpaired) electrons. The van der Waals surface area contributed by atoms with Crippen molar-refractivity contribution in [1.82, 2.24) is 58.0 Å². The number of nitrogens with two attached hydrogens (primary N) is 5. The standard InChI is InChI=1S/C20H23F2N5O3.2C20H22F2N4O4.C19H21F2N5O3.C19H20F2N4O3S/c1-11(18(23)28)7-12-3-4-13-15(8-12)30-6-5-26-10-16(24-19(13)26)27-14(17(21)22)9-25(2)20(27)29;2*1-10(18(23)27)7-12-3-4-13-14(8-12)29-6-5-25-9-15(24-19(13)25)26-16(17(21)22)11(2)30-20(26)28;1-10(17(22)27)6-11-2-3-12-14(7-11)29-5-4-25-9-15(24-18(12)25)26-13(16(20)21)8-23-19(26)28;1-10(17(22)26)6-11-2-3-12-14(7-11)28-5-4-24-8-15(23-18(12)24)25-13(16(20)21)9-29-19(25)27/h3-4,8,10-11,14,17H,5-7,9H2,1-2H3,(H2,23,28);2*3-4,8-11,16-17H,5-7H2,1-2H3,(H2,23,27);2-3,7,9-10,13,16H,4-6,8H2,1H3,(H2,22,27)(H,23,28);2-3,7-8,10,13,16H,4-6,9H2,1H3,(H2,22,26)/t11-,14+;10-,11+,16+;10-,11-,16+;2*10-,13+/m11111/s1. The molecule has 20 rings (SSSR count). The Morgan fingerprint density at radius 3 is 0.899 bits per heavy atom. The Hall–Kier alpha value is -15.3. The van der Waals surface area contributed by atoms with Gasteiger partial charge >= 0.3 is 24.2 Å². The summed E-state index contributed by atoms with van der Waals surface area (Å²) in [4.78, 5) is 146. The summed E-state index contributed by atoms with van der Waals surface area (Å²) in [6.45, 7) is 15.5. The number of carbonyl (C=O) groups is 10. The number of imidazole rings is 5. The summed E-state index contributed by atoms with van der Waals surface area (Å²) in [6, 6.07) is 20.0. The molecule has 5 aromatic carbocycles. The second kappa shape index (κ2) is 44.2. The second-order valence-electron chi connectivity index (χ2n) is 37.3. The number of hydrogen-bond acceptors (Lipinski definition) is 23. The van der Waals surface area contributed by atoms with Gasteiger partial charge in [0.1, 0.15) is 133 Å². The van der Waals surface area contributed by atoms with Crippen LogP contribution < -0.4 is 82.2 Å². The number of alkyl halides is 10. The molecule has 0 bridgehead atoms. The molecule has 10 aliphatic heterocycles. The van der Waals surface area contributed by atoms with Crippen molar-refractivity contribution < 1.29 is 125 Å². The Morgan fingerprint density at radius 1 is 0.372 bits per heavy atom. The molecule has 0 saturated carbocycles. The zero-order valence-electron chi connectivity index (χ0n) is 81.3. The molecule has 12 atom stereocenters. The van der Waals surface area contributed by atoms with E-state index in [-0.39, 0.29) is 107 Å². The molecule has 148 heavy (non-hydrogen) atoms. The molecule has 5 saturated heterocycles. The number of aromatic nitrogens is 10. The first-order chi connectivity index (χ1) is 70.5. The number of rotatable bonds is 25. The summed E-state index contributed by atoms with van der Waals surface area (Å²) in [5.41, 5.74) is 34.6. The maximum Gasteiger partial charge on any atom is 0.416 e. The van der Waals surface area contributed by atoms with Crippen LogP contribution in [0.3, 0.4) is 0 Å². The molecule has 11 N–H and O–H groups in total. The largest absolute Gasteiger partial charge is 0.491 e. The highest BCUT2D eigenvalue weighted by atomic mass is 32.2. The number of amides is 12. The first-order valence-electron chi connectivity index (χ1n) is 47.6. The van der Waals surface area contributed by atoms with Crippen LogP contribution in [-0.2, 0) is 98.3 Å². The molecule has 50 heteroatoms. The van der Waals surface area contributed by atoms with Crippen molar-refractivity contribution in [3.63, 3.8) is 0 Å². The van der Waals surface area contributed by atoms with Crippen LogP contribution in [0.25, 0.3) is 56.9 Å². The number of nitrogens with zero attached hydrogens (tertiary/aromatic N) is 16. The van der Waals surface area contributed by atoms with Gasteiger partial charge < -0.3 is 94.9 Å². The fourth-order valence-electron chi connectivity index (χ4n) is 18.5. The van der Waals surface area contributed by atoms with Gasteiger partial charge in [-0.05, 0) is 134 Å². The lowest BCUT2D eigenvalue weighted by Gasteiger charge is -2.20. The van der Waals surface area contributed by atoms with Crippen LogP contribution in [0.4, 0.5) is 97.0 Å². The number of cyclic esters (lactones) is 2. The molecule has 0 aliphatic carbocycles. The molecule has 15 heterocycles. The number of likely N-dealkylation sites (N-methyl/N-ethyl adjacent to an activating group) is 1. The Morgan fingerprint density at radius 2 is 0.635 bits per heavy atom. The Bertz CT molecular complexity index is 6240. The number of carbonyl (C=O) groups excluding carboxylic acids is 10. The molecule has 5 fully saturated rings. The third-order valence-corrected chi connectivity index (χ3v) is 27.7. The van der Waals surface area contributed by atoms with Gasteiger partial charge in [-0.2, -0.15) is 0 Å². The van der Waals surface area contributed by atoms with E-state index >= 15 is 0 Å². The molecule has 12 amide bonds.